The fourth-order valence-corrected chi connectivity index (χ4v) is 2.37. The number of hydrogen-bond acceptors (Lipinski definition) is 5. The topological polar surface area (TPSA) is 52.0 Å². The maximum absolute atomic E-state index is 5.81. The number of aromatic nitrogens is 3. The van der Waals surface area contributed by atoms with Crippen LogP contribution in [0.5, 0.6) is 5.75 Å². The van der Waals surface area contributed by atoms with E-state index in [1.54, 1.807) is 11.8 Å². The summed E-state index contributed by atoms with van der Waals surface area (Å²) in [6.45, 7) is 6.24. The van der Waals surface area contributed by atoms with Crippen LogP contribution in [0, 0.1) is 0 Å². The largest absolute Gasteiger partial charge is 0.490 e. The number of rotatable bonds is 8. The Bertz CT molecular complexity index is 556. The van der Waals surface area contributed by atoms with Crippen LogP contribution < -0.4 is 10.1 Å². The predicted octanol–water partition coefficient (Wildman–Crippen LogP) is 2.58. The van der Waals surface area contributed by atoms with Crippen molar-refractivity contribution in [3.8, 4) is 5.75 Å². The van der Waals surface area contributed by atoms with E-state index >= 15 is 0 Å². The van der Waals surface area contributed by atoms with Gasteiger partial charge in [0, 0.05) is 23.7 Å². The SMILES string of the molecule is CSc1ccccc1OCCn1cc(CNC(C)C)nn1. The Labute approximate surface area is 130 Å². The molecule has 2 rings (SSSR count). The summed E-state index contributed by atoms with van der Waals surface area (Å²) in [5.41, 5.74) is 0.952. The molecule has 0 aliphatic carbocycles. The molecule has 0 atom stereocenters. The molecule has 0 aliphatic heterocycles. The minimum Gasteiger partial charge on any atom is -0.490 e. The molecule has 0 saturated heterocycles. The first-order valence-electron chi connectivity index (χ1n) is 7.07. The van der Waals surface area contributed by atoms with E-state index in [1.165, 1.54) is 0 Å². The number of para-hydroxylation sites is 1. The summed E-state index contributed by atoms with van der Waals surface area (Å²) in [7, 11) is 0. The molecule has 1 aromatic carbocycles. The van der Waals surface area contributed by atoms with Gasteiger partial charge >= 0.3 is 0 Å². The summed E-state index contributed by atoms with van der Waals surface area (Å²) in [6, 6.07) is 8.50. The average Bonchev–Trinajstić information content (AvgIpc) is 2.93. The molecule has 5 nitrogen and oxygen atoms in total. The fraction of sp³-hybridized carbons (Fsp3) is 0.467. The van der Waals surface area contributed by atoms with E-state index < -0.39 is 0 Å². The highest BCUT2D eigenvalue weighted by molar-refractivity contribution is 7.98. The molecular formula is C15H22N4OS. The summed E-state index contributed by atoms with van der Waals surface area (Å²) >= 11 is 1.69. The lowest BCUT2D eigenvalue weighted by molar-refractivity contribution is 0.283. The molecule has 1 N–H and O–H groups in total. The Balaban J connectivity index is 1.81. The second-order valence-electron chi connectivity index (χ2n) is 5.01. The van der Waals surface area contributed by atoms with Crippen LogP contribution in [-0.2, 0) is 13.1 Å². The van der Waals surface area contributed by atoms with Gasteiger partial charge in [-0.1, -0.05) is 31.2 Å². The van der Waals surface area contributed by atoms with Crippen LogP contribution in [0.1, 0.15) is 19.5 Å². The van der Waals surface area contributed by atoms with Crippen LogP contribution in [0.2, 0.25) is 0 Å². The highest BCUT2D eigenvalue weighted by Gasteiger charge is 2.04. The smallest absolute Gasteiger partial charge is 0.132 e. The molecule has 0 fully saturated rings. The van der Waals surface area contributed by atoms with Crippen molar-refractivity contribution in [2.45, 2.75) is 37.9 Å². The van der Waals surface area contributed by atoms with Crippen molar-refractivity contribution in [1.29, 1.82) is 0 Å². The van der Waals surface area contributed by atoms with Gasteiger partial charge in [-0.2, -0.15) is 0 Å². The monoisotopic (exact) mass is 306 g/mol. The van der Waals surface area contributed by atoms with E-state index in [0.717, 1.165) is 22.9 Å². The van der Waals surface area contributed by atoms with E-state index in [1.807, 2.05) is 35.3 Å². The summed E-state index contributed by atoms with van der Waals surface area (Å²) in [5.74, 6) is 0.923. The van der Waals surface area contributed by atoms with Crippen LogP contribution in [0.4, 0.5) is 0 Å². The first kappa shape index (κ1) is 15.9. The Morgan fingerprint density at radius 3 is 2.90 bits per heavy atom. The highest BCUT2D eigenvalue weighted by atomic mass is 32.2. The fourth-order valence-electron chi connectivity index (χ4n) is 1.82. The van der Waals surface area contributed by atoms with Gasteiger partial charge in [-0.25, -0.2) is 4.68 Å². The van der Waals surface area contributed by atoms with Crippen LogP contribution >= 0.6 is 11.8 Å². The van der Waals surface area contributed by atoms with E-state index in [0.29, 0.717) is 19.2 Å². The van der Waals surface area contributed by atoms with E-state index in [2.05, 4.69) is 35.5 Å². The lowest BCUT2D eigenvalue weighted by Gasteiger charge is -2.09. The molecule has 6 heteroatoms. The van der Waals surface area contributed by atoms with Gasteiger partial charge in [0.15, 0.2) is 0 Å². The van der Waals surface area contributed by atoms with Crippen LogP contribution in [0.3, 0.4) is 0 Å². The minimum absolute atomic E-state index is 0.446. The van der Waals surface area contributed by atoms with Crippen LogP contribution in [0.25, 0.3) is 0 Å². The van der Waals surface area contributed by atoms with Gasteiger partial charge in [0.25, 0.3) is 0 Å². The van der Waals surface area contributed by atoms with E-state index in [9.17, 15) is 0 Å². The molecule has 0 unspecified atom stereocenters. The molecule has 114 valence electrons. The predicted molar refractivity (Wildman–Crippen MR) is 85.7 cm³/mol. The second-order valence-corrected chi connectivity index (χ2v) is 5.86. The number of hydrogen-bond donors (Lipinski definition) is 1. The van der Waals surface area contributed by atoms with Crippen molar-refractivity contribution in [2.75, 3.05) is 12.9 Å². The molecule has 0 bridgehead atoms. The van der Waals surface area contributed by atoms with Gasteiger partial charge in [-0.3, -0.25) is 0 Å². The third kappa shape index (κ3) is 5.06. The average molecular weight is 306 g/mol. The van der Waals surface area contributed by atoms with Crippen LogP contribution in [-0.4, -0.2) is 33.9 Å². The van der Waals surface area contributed by atoms with Crippen molar-refractivity contribution in [2.24, 2.45) is 0 Å². The normalized spacial score (nSPS) is 11.0. The standard InChI is InChI=1S/C15H22N4OS/c1-12(2)16-10-13-11-19(18-17-13)8-9-20-14-6-4-5-7-15(14)21-3/h4-7,11-12,16H,8-10H2,1-3H3. The molecule has 1 heterocycles. The lowest BCUT2D eigenvalue weighted by atomic mass is 10.3. The summed E-state index contributed by atoms with van der Waals surface area (Å²) in [6.07, 6.45) is 4.01. The van der Waals surface area contributed by atoms with Crippen molar-refractivity contribution >= 4 is 11.8 Å². The zero-order valence-corrected chi connectivity index (χ0v) is 13.6. The van der Waals surface area contributed by atoms with Gasteiger partial charge in [-0.15, -0.1) is 16.9 Å². The number of nitrogens with zero attached hydrogens (tertiary/aromatic N) is 3. The molecule has 0 spiro atoms. The Morgan fingerprint density at radius 2 is 2.14 bits per heavy atom. The first-order valence-corrected chi connectivity index (χ1v) is 8.29. The third-order valence-corrected chi connectivity index (χ3v) is 3.70. The Kier molecular flexibility index (Phi) is 6.07. The molecule has 0 saturated carbocycles. The lowest BCUT2D eigenvalue weighted by Crippen LogP contribution is -2.21. The molecular weight excluding hydrogens is 284 g/mol. The number of benzene rings is 1. The van der Waals surface area contributed by atoms with Gasteiger partial charge < -0.3 is 10.1 Å². The van der Waals surface area contributed by atoms with Crippen molar-refractivity contribution in [3.05, 3.63) is 36.2 Å². The highest BCUT2D eigenvalue weighted by Crippen LogP contribution is 2.26. The Hall–Kier alpha value is -1.53. The summed E-state index contributed by atoms with van der Waals surface area (Å²) in [4.78, 5) is 1.15. The van der Waals surface area contributed by atoms with Gasteiger partial charge in [0.05, 0.1) is 12.2 Å². The van der Waals surface area contributed by atoms with E-state index in [4.69, 9.17) is 4.74 Å². The maximum atomic E-state index is 5.81. The van der Waals surface area contributed by atoms with Crippen molar-refractivity contribution in [1.82, 2.24) is 20.3 Å². The minimum atomic E-state index is 0.446. The summed E-state index contributed by atoms with van der Waals surface area (Å²) < 4.78 is 7.63. The van der Waals surface area contributed by atoms with Crippen molar-refractivity contribution < 1.29 is 4.74 Å². The Morgan fingerprint density at radius 1 is 1.33 bits per heavy atom. The van der Waals surface area contributed by atoms with E-state index in [-0.39, 0.29) is 0 Å². The zero-order valence-electron chi connectivity index (χ0n) is 12.7. The molecule has 21 heavy (non-hydrogen) atoms. The van der Waals surface area contributed by atoms with Gasteiger partial charge in [0.2, 0.25) is 0 Å². The maximum Gasteiger partial charge on any atom is 0.132 e. The van der Waals surface area contributed by atoms with Gasteiger partial charge in [-0.05, 0) is 18.4 Å². The number of thioether (sulfide) groups is 1. The third-order valence-electron chi connectivity index (χ3n) is 2.92. The first-order chi connectivity index (χ1) is 10.2. The quantitative estimate of drug-likeness (QED) is 0.760. The number of ether oxygens (including phenoxy) is 1. The second kappa shape index (κ2) is 8.05. The molecule has 2 aromatic rings. The summed E-state index contributed by atoms with van der Waals surface area (Å²) in [5, 5.41) is 11.6. The molecule has 0 aliphatic rings. The van der Waals surface area contributed by atoms with Gasteiger partial charge in [0.1, 0.15) is 12.4 Å². The molecule has 0 amide bonds. The zero-order chi connectivity index (χ0) is 15.1. The van der Waals surface area contributed by atoms with Crippen LogP contribution in [0.15, 0.2) is 35.4 Å². The van der Waals surface area contributed by atoms with Crippen molar-refractivity contribution in [3.63, 3.8) is 0 Å². The molecule has 1 aromatic heterocycles. The number of nitrogens with one attached hydrogen (secondary N) is 1. The molecule has 0 radical (unpaired) electrons.